The molecule has 6 nitrogen and oxygen atoms in total. The summed E-state index contributed by atoms with van der Waals surface area (Å²) >= 11 is 6.08. The van der Waals surface area contributed by atoms with Crippen molar-refractivity contribution in [3.63, 3.8) is 0 Å². The maximum atomic E-state index is 12.5. The molecule has 0 spiro atoms. The third-order valence-electron chi connectivity index (χ3n) is 3.23. The highest BCUT2D eigenvalue weighted by Crippen LogP contribution is 2.31. The van der Waals surface area contributed by atoms with E-state index in [0.717, 1.165) is 5.56 Å². The van der Waals surface area contributed by atoms with Gasteiger partial charge in [-0.2, -0.15) is 0 Å². The maximum absolute atomic E-state index is 12.5. The van der Waals surface area contributed by atoms with Gasteiger partial charge < -0.3 is 15.4 Å². The average Bonchev–Trinajstić information content (AvgIpc) is 2.55. The van der Waals surface area contributed by atoms with Crippen LogP contribution in [0.4, 0.5) is 11.5 Å². The van der Waals surface area contributed by atoms with Crippen molar-refractivity contribution in [2.45, 2.75) is 13.8 Å². The van der Waals surface area contributed by atoms with Gasteiger partial charge in [-0.05, 0) is 25.5 Å². The van der Waals surface area contributed by atoms with Gasteiger partial charge in [0.25, 0.3) is 5.91 Å². The van der Waals surface area contributed by atoms with E-state index in [4.69, 9.17) is 16.3 Å². The molecule has 126 valence electrons. The van der Waals surface area contributed by atoms with Gasteiger partial charge in [0.05, 0.1) is 12.8 Å². The summed E-state index contributed by atoms with van der Waals surface area (Å²) in [5.74, 6) is 1.18. The van der Waals surface area contributed by atoms with Crippen LogP contribution in [-0.2, 0) is 0 Å². The van der Waals surface area contributed by atoms with Gasteiger partial charge in [0.2, 0.25) is 0 Å². The number of aryl methyl sites for hydroxylation is 2. The Balaban J connectivity index is 2.28. The summed E-state index contributed by atoms with van der Waals surface area (Å²) in [6, 6.07) is 5.00. The van der Waals surface area contributed by atoms with Crippen LogP contribution in [0.2, 0.25) is 5.02 Å². The van der Waals surface area contributed by atoms with Gasteiger partial charge in [-0.25, -0.2) is 9.97 Å². The molecule has 0 unspecified atom stereocenters. The fraction of sp³-hybridized carbons (Fsp3) is 0.235. The van der Waals surface area contributed by atoms with Crippen LogP contribution in [0.25, 0.3) is 0 Å². The predicted molar refractivity (Wildman–Crippen MR) is 96.1 cm³/mol. The molecule has 0 bridgehead atoms. The Morgan fingerprint density at radius 2 is 2.08 bits per heavy atom. The number of ether oxygens (including phenoxy) is 1. The van der Waals surface area contributed by atoms with E-state index in [9.17, 15) is 4.79 Å². The molecule has 1 heterocycles. The summed E-state index contributed by atoms with van der Waals surface area (Å²) in [6.45, 7) is 7.76. The highest BCUT2D eigenvalue weighted by atomic mass is 35.5. The van der Waals surface area contributed by atoms with Crippen LogP contribution < -0.4 is 15.4 Å². The van der Waals surface area contributed by atoms with Crippen molar-refractivity contribution in [1.29, 1.82) is 0 Å². The summed E-state index contributed by atoms with van der Waals surface area (Å²) in [4.78, 5) is 20.9. The Labute approximate surface area is 145 Å². The Kier molecular flexibility index (Phi) is 5.76. The van der Waals surface area contributed by atoms with Crippen molar-refractivity contribution >= 4 is 29.0 Å². The van der Waals surface area contributed by atoms with Crippen LogP contribution >= 0.6 is 11.6 Å². The first kappa shape index (κ1) is 17.7. The summed E-state index contributed by atoms with van der Waals surface area (Å²) < 4.78 is 5.26. The molecule has 24 heavy (non-hydrogen) atoms. The number of hydrogen-bond donors (Lipinski definition) is 2. The first-order chi connectivity index (χ1) is 11.4. The van der Waals surface area contributed by atoms with Crippen molar-refractivity contribution in [2.75, 3.05) is 24.3 Å². The van der Waals surface area contributed by atoms with E-state index < -0.39 is 0 Å². The van der Waals surface area contributed by atoms with Crippen LogP contribution in [0.3, 0.4) is 0 Å². The Morgan fingerprint density at radius 1 is 1.33 bits per heavy atom. The number of nitrogens with one attached hydrogen (secondary N) is 2. The van der Waals surface area contributed by atoms with E-state index in [1.807, 2.05) is 6.92 Å². The molecule has 0 atom stereocenters. The summed E-state index contributed by atoms with van der Waals surface area (Å²) in [6.07, 6.45) is 1.71. The second-order valence-corrected chi connectivity index (χ2v) is 5.52. The number of hydrogen-bond acceptors (Lipinski definition) is 5. The number of carbonyl (C=O) groups is 1. The molecular weight excluding hydrogens is 328 g/mol. The van der Waals surface area contributed by atoms with Gasteiger partial charge in [0, 0.05) is 23.7 Å². The number of benzene rings is 1. The summed E-state index contributed by atoms with van der Waals surface area (Å²) in [5.41, 5.74) is 1.62. The van der Waals surface area contributed by atoms with Gasteiger partial charge in [-0.15, -0.1) is 6.58 Å². The van der Waals surface area contributed by atoms with Crippen molar-refractivity contribution in [3.05, 3.63) is 53.0 Å². The zero-order valence-corrected chi connectivity index (χ0v) is 14.6. The number of nitrogens with zero attached hydrogens (tertiary/aromatic N) is 2. The van der Waals surface area contributed by atoms with E-state index >= 15 is 0 Å². The monoisotopic (exact) mass is 346 g/mol. The van der Waals surface area contributed by atoms with Crippen LogP contribution in [0.15, 0.2) is 30.9 Å². The molecule has 0 saturated heterocycles. The molecule has 1 amide bonds. The zero-order chi connectivity index (χ0) is 17.7. The SMILES string of the molecule is C=CCNc1cc(C(=O)Nc2cc(C)c(Cl)cc2OC)nc(C)n1. The molecule has 2 aromatic rings. The lowest BCUT2D eigenvalue weighted by molar-refractivity contribution is 0.102. The third-order valence-corrected chi connectivity index (χ3v) is 3.63. The van der Waals surface area contributed by atoms with Crippen molar-refractivity contribution < 1.29 is 9.53 Å². The van der Waals surface area contributed by atoms with E-state index in [-0.39, 0.29) is 11.6 Å². The predicted octanol–water partition coefficient (Wildman–Crippen LogP) is 3.61. The lowest BCUT2D eigenvalue weighted by Crippen LogP contribution is -2.16. The topological polar surface area (TPSA) is 76.1 Å². The minimum atomic E-state index is -0.359. The van der Waals surface area contributed by atoms with E-state index in [0.29, 0.717) is 34.6 Å². The fourth-order valence-electron chi connectivity index (χ4n) is 2.07. The van der Waals surface area contributed by atoms with Crippen LogP contribution in [0, 0.1) is 13.8 Å². The van der Waals surface area contributed by atoms with Gasteiger partial charge in [0.1, 0.15) is 23.1 Å². The Hall–Kier alpha value is -2.60. The van der Waals surface area contributed by atoms with E-state index in [1.165, 1.54) is 7.11 Å². The number of halogens is 1. The van der Waals surface area contributed by atoms with Crippen molar-refractivity contribution in [3.8, 4) is 5.75 Å². The molecule has 2 N–H and O–H groups in total. The lowest BCUT2D eigenvalue weighted by Gasteiger charge is -2.12. The third kappa shape index (κ3) is 4.23. The molecule has 7 heteroatoms. The quantitative estimate of drug-likeness (QED) is 0.781. The van der Waals surface area contributed by atoms with E-state index in [1.54, 1.807) is 31.2 Å². The van der Waals surface area contributed by atoms with Crippen molar-refractivity contribution in [1.82, 2.24) is 9.97 Å². The second kappa shape index (κ2) is 7.79. The van der Waals surface area contributed by atoms with Gasteiger partial charge in [-0.1, -0.05) is 17.7 Å². The molecule has 0 fully saturated rings. The molecule has 0 saturated carbocycles. The molecular formula is C17H19ClN4O2. The number of amides is 1. The Bertz CT molecular complexity index is 777. The number of anilines is 2. The minimum absolute atomic E-state index is 0.253. The lowest BCUT2D eigenvalue weighted by atomic mass is 10.2. The van der Waals surface area contributed by atoms with Crippen LogP contribution in [0.5, 0.6) is 5.75 Å². The minimum Gasteiger partial charge on any atom is -0.495 e. The molecule has 0 radical (unpaired) electrons. The van der Waals surface area contributed by atoms with Crippen LogP contribution in [0.1, 0.15) is 21.9 Å². The number of rotatable bonds is 6. The van der Waals surface area contributed by atoms with Gasteiger partial charge >= 0.3 is 0 Å². The number of methoxy groups -OCH3 is 1. The Morgan fingerprint density at radius 3 is 2.75 bits per heavy atom. The molecule has 0 aliphatic carbocycles. The smallest absolute Gasteiger partial charge is 0.274 e. The summed E-state index contributed by atoms with van der Waals surface area (Å²) in [7, 11) is 1.52. The largest absolute Gasteiger partial charge is 0.495 e. The van der Waals surface area contributed by atoms with E-state index in [2.05, 4.69) is 27.2 Å². The first-order valence-corrected chi connectivity index (χ1v) is 7.68. The van der Waals surface area contributed by atoms with Crippen molar-refractivity contribution in [2.24, 2.45) is 0 Å². The molecule has 2 rings (SSSR count). The second-order valence-electron chi connectivity index (χ2n) is 5.11. The van der Waals surface area contributed by atoms with Gasteiger partial charge in [-0.3, -0.25) is 4.79 Å². The highest BCUT2D eigenvalue weighted by molar-refractivity contribution is 6.31. The molecule has 1 aromatic heterocycles. The maximum Gasteiger partial charge on any atom is 0.274 e. The highest BCUT2D eigenvalue weighted by Gasteiger charge is 2.14. The molecule has 1 aromatic carbocycles. The average molecular weight is 347 g/mol. The zero-order valence-electron chi connectivity index (χ0n) is 13.8. The molecule has 0 aliphatic rings. The number of aromatic nitrogens is 2. The molecule has 0 aliphatic heterocycles. The first-order valence-electron chi connectivity index (χ1n) is 7.30. The number of carbonyl (C=O) groups excluding carboxylic acids is 1. The van der Waals surface area contributed by atoms with Crippen LogP contribution in [-0.4, -0.2) is 29.5 Å². The normalized spacial score (nSPS) is 10.2. The standard InChI is InChI=1S/C17H19ClN4O2/c1-5-6-19-16-9-14(20-11(3)21-16)17(23)22-13-7-10(2)12(18)8-15(13)24-4/h5,7-9H,1,6H2,2-4H3,(H,22,23)(H,19,20,21). The van der Waals surface area contributed by atoms with Gasteiger partial charge in [0.15, 0.2) is 0 Å². The fourth-order valence-corrected chi connectivity index (χ4v) is 2.22. The summed E-state index contributed by atoms with van der Waals surface area (Å²) in [5, 5.41) is 6.41.